The molecule has 1 heterocycles. The van der Waals surface area contributed by atoms with Gasteiger partial charge in [-0.15, -0.1) is 0 Å². The van der Waals surface area contributed by atoms with E-state index < -0.39 is 0 Å². The molecule has 1 saturated carbocycles. The average Bonchev–Trinajstić information content (AvgIpc) is 2.39. The van der Waals surface area contributed by atoms with E-state index in [2.05, 4.69) is 36.8 Å². The van der Waals surface area contributed by atoms with E-state index in [1.165, 1.54) is 36.8 Å². The van der Waals surface area contributed by atoms with Gasteiger partial charge in [-0.2, -0.15) is 0 Å². The third kappa shape index (κ3) is 3.47. The second kappa shape index (κ2) is 6.38. The minimum atomic E-state index is 0.655. The van der Waals surface area contributed by atoms with E-state index in [1.54, 1.807) is 0 Å². The minimum absolute atomic E-state index is 0.655. The molecular formula is C16H27N3. The van der Waals surface area contributed by atoms with E-state index in [0.717, 1.165) is 18.2 Å². The van der Waals surface area contributed by atoms with Gasteiger partial charge in [0.05, 0.1) is 0 Å². The number of aromatic nitrogens is 1. The van der Waals surface area contributed by atoms with Crippen LogP contribution in [0.3, 0.4) is 0 Å². The van der Waals surface area contributed by atoms with Crippen molar-refractivity contribution in [1.82, 2.24) is 4.98 Å². The third-order valence-electron chi connectivity index (χ3n) is 4.41. The van der Waals surface area contributed by atoms with Crippen LogP contribution < -0.4 is 10.6 Å². The van der Waals surface area contributed by atoms with Gasteiger partial charge in [0.15, 0.2) is 0 Å². The molecule has 1 aromatic rings. The standard InChI is InChI=1S/C16H27N3/c1-12-4-6-15(7-5-12)19(3)16-13(2)10-14(8-9-17)11-18-16/h10-12,15H,4-9,17H2,1-3H3. The Balaban J connectivity index is 2.08. The van der Waals surface area contributed by atoms with Crippen molar-refractivity contribution in [3.05, 3.63) is 23.4 Å². The van der Waals surface area contributed by atoms with Crippen LogP contribution in [0.15, 0.2) is 12.3 Å². The number of aryl methyl sites for hydroxylation is 1. The van der Waals surface area contributed by atoms with Crippen molar-refractivity contribution in [2.75, 3.05) is 18.5 Å². The molecule has 106 valence electrons. The van der Waals surface area contributed by atoms with E-state index in [4.69, 9.17) is 5.73 Å². The lowest BCUT2D eigenvalue weighted by atomic mass is 9.86. The Labute approximate surface area is 117 Å². The maximum atomic E-state index is 5.60. The summed E-state index contributed by atoms with van der Waals surface area (Å²) in [6.45, 7) is 5.21. The number of pyridine rings is 1. The Kier molecular flexibility index (Phi) is 4.81. The van der Waals surface area contributed by atoms with E-state index in [9.17, 15) is 0 Å². The lowest BCUT2D eigenvalue weighted by Crippen LogP contribution is -2.35. The van der Waals surface area contributed by atoms with E-state index >= 15 is 0 Å². The van der Waals surface area contributed by atoms with E-state index in [0.29, 0.717) is 12.6 Å². The quantitative estimate of drug-likeness (QED) is 0.906. The number of anilines is 1. The zero-order chi connectivity index (χ0) is 13.8. The average molecular weight is 261 g/mol. The van der Waals surface area contributed by atoms with E-state index in [1.807, 2.05) is 6.20 Å². The van der Waals surface area contributed by atoms with Crippen molar-refractivity contribution in [3.63, 3.8) is 0 Å². The van der Waals surface area contributed by atoms with Crippen molar-refractivity contribution in [3.8, 4) is 0 Å². The number of nitrogens with two attached hydrogens (primary N) is 1. The molecule has 1 fully saturated rings. The molecule has 19 heavy (non-hydrogen) atoms. The molecule has 2 rings (SSSR count). The fraction of sp³-hybridized carbons (Fsp3) is 0.688. The van der Waals surface area contributed by atoms with Gasteiger partial charge < -0.3 is 10.6 Å². The second-order valence-corrected chi connectivity index (χ2v) is 6.05. The predicted octanol–water partition coefficient (Wildman–Crippen LogP) is 2.91. The Morgan fingerprint density at radius 2 is 2.00 bits per heavy atom. The molecule has 0 saturated heterocycles. The van der Waals surface area contributed by atoms with Crippen molar-refractivity contribution in [2.24, 2.45) is 11.7 Å². The molecule has 0 bridgehead atoms. The number of rotatable bonds is 4. The minimum Gasteiger partial charge on any atom is -0.356 e. The second-order valence-electron chi connectivity index (χ2n) is 6.05. The lowest BCUT2D eigenvalue weighted by molar-refractivity contribution is 0.340. The maximum absolute atomic E-state index is 5.60. The highest BCUT2D eigenvalue weighted by molar-refractivity contribution is 5.47. The van der Waals surface area contributed by atoms with Gasteiger partial charge in [-0.1, -0.05) is 13.0 Å². The van der Waals surface area contributed by atoms with E-state index in [-0.39, 0.29) is 0 Å². The molecule has 0 spiro atoms. The van der Waals surface area contributed by atoms with Crippen molar-refractivity contribution >= 4 is 5.82 Å². The molecule has 0 atom stereocenters. The Hall–Kier alpha value is -1.09. The molecule has 0 aliphatic heterocycles. The lowest BCUT2D eigenvalue weighted by Gasteiger charge is -2.35. The highest BCUT2D eigenvalue weighted by atomic mass is 15.2. The molecule has 1 aliphatic carbocycles. The maximum Gasteiger partial charge on any atom is 0.131 e. The van der Waals surface area contributed by atoms with Crippen LogP contribution in [-0.2, 0) is 6.42 Å². The van der Waals surface area contributed by atoms with Gasteiger partial charge in [-0.05, 0) is 62.6 Å². The smallest absolute Gasteiger partial charge is 0.131 e. The zero-order valence-corrected chi connectivity index (χ0v) is 12.5. The summed E-state index contributed by atoms with van der Waals surface area (Å²) in [5, 5.41) is 0. The summed E-state index contributed by atoms with van der Waals surface area (Å²) < 4.78 is 0. The molecular weight excluding hydrogens is 234 g/mol. The number of hydrogen-bond acceptors (Lipinski definition) is 3. The molecule has 0 aromatic carbocycles. The van der Waals surface area contributed by atoms with Gasteiger partial charge in [0, 0.05) is 19.3 Å². The van der Waals surface area contributed by atoms with Gasteiger partial charge in [-0.25, -0.2) is 4.98 Å². The molecule has 3 heteroatoms. The van der Waals surface area contributed by atoms with Crippen LogP contribution >= 0.6 is 0 Å². The largest absolute Gasteiger partial charge is 0.356 e. The highest BCUT2D eigenvalue weighted by Gasteiger charge is 2.23. The van der Waals surface area contributed by atoms with Crippen LogP contribution in [0.5, 0.6) is 0 Å². The number of hydrogen-bond donors (Lipinski definition) is 1. The fourth-order valence-corrected chi connectivity index (χ4v) is 3.10. The highest BCUT2D eigenvalue weighted by Crippen LogP contribution is 2.29. The van der Waals surface area contributed by atoms with Crippen LogP contribution in [0, 0.1) is 12.8 Å². The van der Waals surface area contributed by atoms with Crippen molar-refractivity contribution in [2.45, 2.75) is 52.0 Å². The van der Waals surface area contributed by atoms with Gasteiger partial charge in [0.2, 0.25) is 0 Å². The van der Waals surface area contributed by atoms with Gasteiger partial charge >= 0.3 is 0 Å². The van der Waals surface area contributed by atoms with Crippen LogP contribution in [-0.4, -0.2) is 24.6 Å². The zero-order valence-electron chi connectivity index (χ0n) is 12.5. The summed E-state index contributed by atoms with van der Waals surface area (Å²) in [6.07, 6.45) is 8.18. The van der Waals surface area contributed by atoms with Gasteiger partial charge in [-0.3, -0.25) is 0 Å². The summed E-state index contributed by atoms with van der Waals surface area (Å²) >= 11 is 0. The van der Waals surface area contributed by atoms with Gasteiger partial charge in [0.25, 0.3) is 0 Å². The molecule has 0 radical (unpaired) electrons. The van der Waals surface area contributed by atoms with Crippen molar-refractivity contribution in [1.29, 1.82) is 0 Å². The molecule has 1 aliphatic rings. The SMILES string of the molecule is Cc1cc(CCN)cnc1N(C)C1CCC(C)CC1. The van der Waals surface area contributed by atoms with Crippen LogP contribution in [0.25, 0.3) is 0 Å². The Morgan fingerprint density at radius 1 is 1.32 bits per heavy atom. The summed E-state index contributed by atoms with van der Waals surface area (Å²) in [6, 6.07) is 2.89. The first-order valence-corrected chi connectivity index (χ1v) is 7.50. The molecule has 0 amide bonds. The first-order chi connectivity index (χ1) is 9.11. The summed E-state index contributed by atoms with van der Waals surface area (Å²) in [4.78, 5) is 7.04. The Morgan fingerprint density at radius 3 is 2.58 bits per heavy atom. The molecule has 1 aromatic heterocycles. The third-order valence-corrected chi connectivity index (χ3v) is 4.41. The first kappa shape index (κ1) is 14.3. The monoisotopic (exact) mass is 261 g/mol. The topological polar surface area (TPSA) is 42.1 Å². The summed E-state index contributed by atoms with van der Waals surface area (Å²) in [5.74, 6) is 2.03. The van der Waals surface area contributed by atoms with Crippen LogP contribution in [0.4, 0.5) is 5.82 Å². The summed E-state index contributed by atoms with van der Waals surface area (Å²) in [7, 11) is 2.19. The summed E-state index contributed by atoms with van der Waals surface area (Å²) in [5.41, 5.74) is 8.12. The predicted molar refractivity (Wildman–Crippen MR) is 81.6 cm³/mol. The molecule has 2 N–H and O–H groups in total. The molecule has 3 nitrogen and oxygen atoms in total. The normalized spacial score (nSPS) is 23.4. The first-order valence-electron chi connectivity index (χ1n) is 7.50. The van der Waals surface area contributed by atoms with Crippen LogP contribution in [0.2, 0.25) is 0 Å². The van der Waals surface area contributed by atoms with Crippen molar-refractivity contribution < 1.29 is 0 Å². The fourth-order valence-electron chi connectivity index (χ4n) is 3.10. The number of nitrogens with zero attached hydrogens (tertiary/aromatic N) is 2. The Bertz CT molecular complexity index is 408. The molecule has 0 unspecified atom stereocenters. The van der Waals surface area contributed by atoms with Crippen LogP contribution in [0.1, 0.15) is 43.7 Å². The van der Waals surface area contributed by atoms with Gasteiger partial charge in [0.1, 0.15) is 5.82 Å².